The number of benzene rings is 3. The van der Waals surface area contributed by atoms with E-state index in [0.29, 0.717) is 5.75 Å². The molecule has 0 aromatic heterocycles. The Morgan fingerprint density at radius 1 is 1.00 bits per heavy atom. The van der Waals surface area contributed by atoms with Gasteiger partial charge in [0.2, 0.25) is 0 Å². The second-order valence-electron chi connectivity index (χ2n) is 6.08. The molecule has 142 valence electrons. The Morgan fingerprint density at radius 2 is 1.79 bits per heavy atom. The van der Waals surface area contributed by atoms with Gasteiger partial charge in [-0.05, 0) is 30.2 Å². The Hall–Kier alpha value is -3.87. The van der Waals surface area contributed by atoms with Gasteiger partial charge in [0, 0.05) is 12.1 Å². The second-order valence-corrected chi connectivity index (χ2v) is 6.08. The number of non-ortho nitro benzene ring substituents is 1. The fraction of sp³-hybridized carbons (Fsp3) is 0.0952. The van der Waals surface area contributed by atoms with Gasteiger partial charge in [-0.15, -0.1) is 0 Å². The predicted molar refractivity (Wildman–Crippen MR) is 105 cm³/mol. The Labute approximate surface area is 161 Å². The zero-order chi connectivity index (χ0) is 19.9. The van der Waals surface area contributed by atoms with Crippen LogP contribution in [-0.2, 0) is 11.3 Å². The summed E-state index contributed by atoms with van der Waals surface area (Å²) in [7, 11) is 0. The molecule has 0 aliphatic carbocycles. The van der Waals surface area contributed by atoms with Crippen molar-refractivity contribution < 1.29 is 19.2 Å². The van der Waals surface area contributed by atoms with Gasteiger partial charge in [-0.1, -0.05) is 42.5 Å². The maximum Gasteiger partial charge on any atom is 0.411 e. The molecule has 0 radical (unpaired) electrons. The van der Waals surface area contributed by atoms with Crippen molar-refractivity contribution in [1.29, 1.82) is 0 Å². The van der Waals surface area contributed by atoms with Crippen LogP contribution in [0.2, 0.25) is 0 Å². The first-order valence-electron chi connectivity index (χ1n) is 8.51. The number of amides is 1. The first-order chi connectivity index (χ1) is 13.5. The van der Waals surface area contributed by atoms with Crippen molar-refractivity contribution in [3.8, 4) is 11.5 Å². The fourth-order valence-electron chi connectivity index (χ4n) is 2.51. The lowest BCUT2D eigenvalue weighted by Gasteiger charge is -2.10. The average molecular weight is 378 g/mol. The third-order valence-corrected chi connectivity index (χ3v) is 3.79. The number of ether oxygens (including phenoxy) is 2. The number of hydrogen-bond donors (Lipinski definition) is 1. The van der Waals surface area contributed by atoms with E-state index in [-0.39, 0.29) is 23.7 Å². The fourth-order valence-corrected chi connectivity index (χ4v) is 2.51. The summed E-state index contributed by atoms with van der Waals surface area (Å²) in [5.74, 6) is 0.774. The minimum absolute atomic E-state index is 0.0915. The quantitative estimate of drug-likeness (QED) is 0.455. The molecule has 0 spiro atoms. The van der Waals surface area contributed by atoms with E-state index in [0.717, 1.165) is 11.1 Å². The first-order valence-corrected chi connectivity index (χ1v) is 8.51. The van der Waals surface area contributed by atoms with Gasteiger partial charge in [-0.3, -0.25) is 15.4 Å². The number of hydrogen-bond acceptors (Lipinski definition) is 5. The molecule has 3 rings (SSSR count). The summed E-state index contributed by atoms with van der Waals surface area (Å²) in [5.41, 5.74) is 1.82. The van der Waals surface area contributed by atoms with Crippen LogP contribution in [0.4, 0.5) is 16.2 Å². The highest BCUT2D eigenvalue weighted by molar-refractivity contribution is 5.85. The molecule has 0 unspecified atom stereocenters. The van der Waals surface area contributed by atoms with Crippen molar-refractivity contribution in [3.63, 3.8) is 0 Å². The van der Waals surface area contributed by atoms with Crippen molar-refractivity contribution in [2.24, 2.45) is 0 Å². The zero-order valence-corrected chi connectivity index (χ0v) is 15.1. The van der Waals surface area contributed by atoms with Crippen molar-refractivity contribution in [2.75, 3.05) is 5.32 Å². The standard InChI is InChI=1S/C21H18N2O5/c1-15-6-5-9-19(10-15)28-20-12-17(11-18(13-20)23(25)26)22-21(24)27-14-16-7-3-2-4-8-16/h2-13H,14H2,1H3,(H,22,24). The highest BCUT2D eigenvalue weighted by atomic mass is 16.6. The van der Waals surface area contributed by atoms with Gasteiger partial charge in [-0.2, -0.15) is 0 Å². The van der Waals surface area contributed by atoms with E-state index in [9.17, 15) is 14.9 Å². The molecule has 7 heteroatoms. The summed E-state index contributed by atoms with van der Waals surface area (Å²) in [4.78, 5) is 22.7. The van der Waals surface area contributed by atoms with Crippen LogP contribution in [0.1, 0.15) is 11.1 Å². The minimum atomic E-state index is -0.717. The Morgan fingerprint density at radius 3 is 2.50 bits per heavy atom. The number of aryl methyl sites for hydroxylation is 1. The van der Waals surface area contributed by atoms with E-state index in [1.165, 1.54) is 18.2 Å². The molecule has 0 saturated heterocycles. The van der Waals surface area contributed by atoms with Gasteiger partial charge in [-0.25, -0.2) is 4.79 Å². The van der Waals surface area contributed by atoms with E-state index in [2.05, 4.69) is 5.32 Å². The van der Waals surface area contributed by atoms with Crippen LogP contribution < -0.4 is 10.1 Å². The lowest BCUT2D eigenvalue weighted by Crippen LogP contribution is -2.13. The van der Waals surface area contributed by atoms with Crippen LogP contribution in [0.5, 0.6) is 11.5 Å². The predicted octanol–water partition coefficient (Wildman–Crippen LogP) is 5.44. The van der Waals surface area contributed by atoms with E-state index in [1.54, 1.807) is 12.1 Å². The van der Waals surface area contributed by atoms with Gasteiger partial charge in [0.05, 0.1) is 16.7 Å². The molecule has 1 N–H and O–H groups in total. The van der Waals surface area contributed by atoms with E-state index in [1.807, 2.05) is 49.4 Å². The molecule has 3 aromatic carbocycles. The largest absolute Gasteiger partial charge is 0.457 e. The third kappa shape index (κ3) is 5.31. The molecule has 7 nitrogen and oxygen atoms in total. The van der Waals surface area contributed by atoms with Crippen LogP contribution in [-0.4, -0.2) is 11.0 Å². The molecule has 0 fully saturated rings. The van der Waals surface area contributed by atoms with Crippen LogP contribution >= 0.6 is 0 Å². The topological polar surface area (TPSA) is 90.7 Å². The molecule has 0 atom stereocenters. The van der Waals surface area contributed by atoms with Gasteiger partial charge >= 0.3 is 6.09 Å². The van der Waals surface area contributed by atoms with Gasteiger partial charge in [0.25, 0.3) is 5.69 Å². The molecule has 0 heterocycles. The van der Waals surface area contributed by atoms with Crippen molar-refractivity contribution in [3.05, 3.63) is 94.0 Å². The summed E-state index contributed by atoms with van der Waals surface area (Å²) in [6.07, 6.45) is -0.717. The molecule has 3 aromatic rings. The second kappa shape index (κ2) is 8.68. The molecule has 0 saturated carbocycles. The van der Waals surface area contributed by atoms with Gasteiger partial charge in [0.1, 0.15) is 18.1 Å². The summed E-state index contributed by atoms with van der Waals surface area (Å²) in [6, 6.07) is 20.5. The number of nitro benzene ring substituents is 1. The lowest BCUT2D eigenvalue weighted by atomic mass is 10.2. The van der Waals surface area contributed by atoms with Crippen LogP contribution in [0.3, 0.4) is 0 Å². The van der Waals surface area contributed by atoms with Crippen LogP contribution in [0.15, 0.2) is 72.8 Å². The molecule has 28 heavy (non-hydrogen) atoms. The SMILES string of the molecule is Cc1cccc(Oc2cc(NC(=O)OCc3ccccc3)cc([N+](=O)[O-])c2)c1. The Balaban J connectivity index is 1.73. The monoisotopic (exact) mass is 378 g/mol. The van der Waals surface area contributed by atoms with Crippen LogP contribution in [0.25, 0.3) is 0 Å². The number of nitrogens with one attached hydrogen (secondary N) is 1. The number of nitro groups is 1. The smallest absolute Gasteiger partial charge is 0.411 e. The molecule has 0 bridgehead atoms. The van der Waals surface area contributed by atoms with E-state index < -0.39 is 11.0 Å². The highest BCUT2D eigenvalue weighted by Crippen LogP contribution is 2.30. The lowest BCUT2D eigenvalue weighted by molar-refractivity contribution is -0.384. The van der Waals surface area contributed by atoms with E-state index >= 15 is 0 Å². The first kappa shape index (κ1) is 18.9. The number of nitrogens with zero attached hydrogens (tertiary/aromatic N) is 1. The van der Waals surface area contributed by atoms with Crippen LogP contribution in [0, 0.1) is 17.0 Å². The summed E-state index contributed by atoms with van der Waals surface area (Å²) >= 11 is 0. The number of anilines is 1. The molecular weight excluding hydrogens is 360 g/mol. The Kier molecular flexibility index (Phi) is 5.86. The van der Waals surface area contributed by atoms with Gasteiger partial charge < -0.3 is 9.47 Å². The molecular formula is C21H18N2O5. The normalized spacial score (nSPS) is 10.2. The minimum Gasteiger partial charge on any atom is -0.457 e. The summed E-state index contributed by atoms with van der Waals surface area (Å²) < 4.78 is 10.9. The third-order valence-electron chi connectivity index (χ3n) is 3.79. The average Bonchev–Trinajstić information content (AvgIpc) is 2.67. The molecule has 0 aliphatic heterocycles. The van der Waals surface area contributed by atoms with Gasteiger partial charge in [0.15, 0.2) is 0 Å². The Bertz CT molecular complexity index is 989. The molecule has 0 aliphatic rings. The summed E-state index contributed by atoms with van der Waals surface area (Å²) in [6.45, 7) is 2.00. The van der Waals surface area contributed by atoms with Crippen molar-refractivity contribution >= 4 is 17.5 Å². The van der Waals surface area contributed by atoms with E-state index in [4.69, 9.17) is 9.47 Å². The van der Waals surface area contributed by atoms with Crippen molar-refractivity contribution in [2.45, 2.75) is 13.5 Å². The maximum absolute atomic E-state index is 12.0. The summed E-state index contributed by atoms with van der Waals surface area (Å²) in [5, 5.41) is 13.7. The number of rotatable bonds is 6. The molecule has 1 amide bonds. The maximum atomic E-state index is 12.0. The number of carbonyl (C=O) groups excluding carboxylic acids is 1. The zero-order valence-electron chi connectivity index (χ0n) is 15.1. The number of carbonyl (C=O) groups is 1. The van der Waals surface area contributed by atoms with Crippen molar-refractivity contribution in [1.82, 2.24) is 0 Å². The highest BCUT2D eigenvalue weighted by Gasteiger charge is 2.14.